The number of hydrogen-bond acceptors (Lipinski definition) is 1. The number of H-pyrrole nitrogens is 1. The molecule has 0 saturated carbocycles. The average molecular weight is 178 g/mol. The molecule has 2 heterocycles. The third-order valence-corrected chi connectivity index (χ3v) is 2.17. The van der Waals surface area contributed by atoms with Crippen LogP contribution in [-0.4, -0.2) is 17.2 Å². The van der Waals surface area contributed by atoms with Crippen LogP contribution in [0.25, 0.3) is 11.0 Å². The second-order valence-electron chi connectivity index (χ2n) is 2.72. The lowest BCUT2D eigenvalue weighted by Gasteiger charge is -1.92. The van der Waals surface area contributed by atoms with Gasteiger partial charge in [0.2, 0.25) is 0 Å². The Morgan fingerprint density at radius 3 is 3.17 bits per heavy atom. The molecule has 0 spiro atoms. The van der Waals surface area contributed by atoms with Gasteiger partial charge in [0.1, 0.15) is 5.65 Å². The smallest absolute Gasteiger partial charge is 0.157 e. The molecule has 0 aromatic carbocycles. The lowest BCUT2D eigenvalue weighted by Crippen LogP contribution is -2.07. The number of aromatic nitrogens is 2. The van der Waals surface area contributed by atoms with Crippen LogP contribution in [0.15, 0.2) is 18.5 Å². The molecule has 60 valence electrons. The topological polar surface area (TPSA) is 28.7 Å². The van der Waals surface area contributed by atoms with E-state index in [9.17, 15) is 0 Å². The summed E-state index contributed by atoms with van der Waals surface area (Å²) in [6, 6.07) is 1.94. The third-order valence-electron chi connectivity index (χ3n) is 1.96. The van der Waals surface area contributed by atoms with Crippen molar-refractivity contribution in [1.82, 2.24) is 9.97 Å². The van der Waals surface area contributed by atoms with Crippen LogP contribution in [0.1, 0.15) is 0 Å². The van der Waals surface area contributed by atoms with Crippen LogP contribution >= 0.6 is 11.6 Å². The molecule has 2 nitrogen and oxygen atoms in total. The lowest BCUT2D eigenvalue weighted by atomic mass is 9.73. The minimum Gasteiger partial charge on any atom is -0.347 e. The first-order chi connectivity index (χ1) is 5.81. The Bertz CT molecular complexity index is 410. The minimum atomic E-state index is 0.691. The van der Waals surface area contributed by atoms with Gasteiger partial charge in [0, 0.05) is 11.6 Å². The Morgan fingerprint density at radius 1 is 1.58 bits per heavy atom. The summed E-state index contributed by atoms with van der Waals surface area (Å²) >= 11 is 5.83. The van der Waals surface area contributed by atoms with Crippen LogP contribution in [0.5, 0.6) is 0 Å². The second kappa shape index (κ2) is 2.83. The van der Waals surface area contributed by atoms with E-state index in [1.165, 1.54) is 5.46 Å². The molecule has 0 aliphatic heterocycles. The Hall–Kier alpha value is -0.955. The van der Waals surface area contributed by atoms with Crippen molar-refractivity contribution in [1.29, 1.82) is 0 Å². The quantitative estimate of drug-likeness (QED) is 0.656. The summed E-state index contributed by atoms with van der Waals surface area (Å²) in [5, 5.41) is 1.82. The highest BCUT2D eigenvalue weighted by Crippen LogP contribution is 2.13. The summed E-state index contributed by atoms with van der Waals surface area (Å²) in [7, 11) is 1.00. The van der Waals surface area contributed by atoms with Gasteiger partial charge in [-0.25, -0.2) is 4.98 Å². The first kappa shape index (κ1) is 7.68. The summed E-state index contributed by atoms with van der Waals surface area (Å²) in [6.45, 7) is 2.11. The molecule has 0 fully saturated rings. The van der Waals surface area contributed by atoms with Crippen molar-refractivity contribution in [3.05, 3.63) is 23.5 Å². The van der Waals surface area contributed by atoms with E-state index in [1.54, 1.807) is 6.20 Å². The molecular weight excluding hydrogens is 170 g/mol. The third kappa shape index (κ3) is 1.10. The average Bonchev–Trinajstić information content (AvgIpc) is 2.46. The van der Waals surface area contributed by atoms with Gasteiger partial charge in [0.15, 0.2) is 7.28 Å². The number of aromatic amines is 1. The number of halogens is 1. The summed E-state index contributed by atoms with van der Waals surface area (Å²) in [6.07, 6.45) is 3.63. The predicted molar refractivity (Wildman–Crippen MR) is 53.8 cm³/mol. The standard InChI is InChI=1S/C8H8BClN2/c1-9-7-4-12-8-6(7)2-5(10)3-11-8/h2-4,9H,1H3,(H,11,12). The maximum absolute atomic E-state index is 5.83. The molecule has 0 bridgehead atoms. The predicted octanol–water partition coefficient (Wildman–Crippen LogP) is 1.33. The number of fused-ring (bicyclic) bond motifs is 1. The summed E-state index contributed by atoms with van der Waals surface area (Å²) < 4.78 is 0. The molecule has 0 unspecified atom stereocenters. The highest BCUT2D eigenvalue weighted by molar-refractivity contribution is 6.55. The van der Waals surface area contributed by atoms with Gasteiger partial charge in [-0.15, -0.1) is 0 Å². The van der Waals surface area contributed by atoms with Crippen molar-refractivity contribution < 1.29 is 0 Å². The van der Waals surface area contributed by atoms with Crippen molar-refractivity contribution in [2.75, 3.05) is 0 Å². The van der Waals surface area contributed by atoms with E-state index in [2.05, 4.69) is 16.8 Å². The van der Waals surface area contributed by atoms with E-state index in [-0.39, 0.29) is 0 Å². The first-order valence-corrected chi connectivity index (χ1v) is 4.30. The monoisotopic (exact) mass is 178 g/mol. The summed E-state index contributed by atoms with van der Waals surface area (Å²) in [5.74, 6) is 0. The van der Waals surface area contributed by atoms with Gasteiger partial charge in [-0.05, 0) is 12.3 Å². The molecular formula is C8H8BClN2. The van der Waals surface area contributed by atoms with Gasteiger partial charge in [0.25, 0.3) is 0 Å². The van der Waals surface area contributed by atoms with Crippen molar-refractivity contribution >= 4 is 35.4 Å². The van der Waals surface area contributed by atoms with Gasteiger partial charge in [0.05, 0.1) is 5.02 Å². The van der Waals surface area contributed by atoms with E-state index < -0.39 is 0 Å². The molecule has 2 rings (SSSR count). The zero-order valence-corrected chi connectivity index (χ0v) is 7.52. The minimum absolute atomic E-state index is 0.691. The Balaban J connectivity index is 2.75. The van der Waals surface area contributed by atoms with Gasteiger partial charge < -0.3 is 4.98 Å². The van der Waals surface area contributed by atoms with Gasteiger partial charge in [-0.2, -0.15) is 0 Å². The highest BCUT2D eigenvalue weighted by atomic mass is 35.5. The maximum Gasteiger partial charge on any atom is 0.157 e. The number of nitrogens with zero attached hydrogens (tertiary/aromatic N) is 1. The largest absolute Gasteiger partial charge is 0.347 e. The second-order valence-corrected chi connectivity index (χ2v) is 3.15. The zero-order valence-electron chi connectivity index (χ0n) is 6.76. The van der Waals surface area contributed by atoms with E-state index >= 15 is 0 Å². The maximum atomic E-state index is 5.83. The van der Waals surface area contributed by atoms with Crippen molar-refractivity contribution in [2.24, 2.45) is 0 Å². The van der Waals surface area contributed by atoms with Gasteiger partial charge in [-0.3, -0.25) is 0 Å². The fraction of sp³-hybridized carbons (Fsp3) is 0.125. The highest BCUT2D eigenvalue weighted by Gasteiger charge is 2.02. The van der Waals surface area contributed by atoms with E-state index in [4.69, 9.17) is 11.6 Å². The molecule has 0 aliphatic carbocycles. The molecule has 2 aromatic rings. The molecule has 0 amide bonds. The van der Waals surface area contributed by atoms with Crippen molar-refractivity contribution in [2.45, 2.75) is 6.82 Å². The van der Waals surface area contributed by atoms with Gasteiger partial charge in [-0.1, -0.05) is 23.9 Å². The van der Waals surface area contributed by atoms with Crippen LogP contribution in [0.2, 0.25) is 11.8 Å². The van der Waals surface area contributed by atoms with Crippen molar-refractivity contribution in [3.63, 3.8) is 0 Å². The van der Waals surface area contributed by atoms with Crippen LogP contribution < -0.4 is 5.46 Å². The van der Waals surface area contributed by atoms with Crippen LogP contribution in [0.4, 0.5) is 0 Å². The number of nitrogens with one attached hydrogen (secondary N) is 1. The number of pyridine rings is 1. The van der Waals surface area contributed by atoms with Crippen LogP contribution in [0.3, 0.4) is 0 Å². The van der Waals surface area contributed by atoms with Crippen molar-refractivity contribution in [3.8, 4) is 0 Å². The van der Waals surface area contributed by atoms with Crippen LogP contribution in [0, 0.1) is 0 Å². The molecule has 4 heteroatoms. The van der Waals surface area contributed by atoms with E-state index in [1.807, 2.05) is 12.3 Å². The SMILES string of the molecule is CBc1c[nH]c2ncc(Cl)cc12. The van der Waals surface area contributed by atoms with E-state index in [0.717, 1.165) is 18.3 Å². The molecule has 2 aromatic heterocycles. The molecule has 0 atom stereocenters. The Kier molecular flexibility index (Phi) is 1.81. The van der Waals surface area contributed by atoms with Crippen LogP contribution in [-0.2, 0) is 0 Å². The first-order valence-electron chi connectivity index (χ1n) is 3.92. The Morgan fingerprint density at radius 2 is 2.42 bits per heavy atom. The number of rotatable bonds is 1. The fourth-order valence-corrected chi connectivity index (χ4v) is 1.48. The molecule has 0 aliphatic rings. The normalized spacial score (nSPS) is 10.5. The summed E-state index contributed by atoms with van der Waals surface area (Å²) in [5.41, 5.74) is 2.18. The molecule has 0 saturated heterocycles. The molecule has 12 heavy (non-hydrogen) atoms. The number of hydrogen-bond donors (Lipinski definition) is 1. The summed E-state index contributed by atoms with van der Waals surface area (Å²) in [4.78, 5) is 7.26. The molecule has 0 radical (unpaired) electrons. The lowest BCUT2D eigenvalue weighted by molar-refractivity contribution is 1.33. The van der Waals surface area contributed by atoms with E-state index in [0.29, 0.717) is 5.02 Å². The van der Waals surface area contributed by atoms with Gasteiger partial charge >= 0.3 is 0 Å². The fourth-order valence-electron chi connectivity index (χ4n) is 1.32. The Labute approximate surface area is 76.2 Å². The zero-order chi connectivity index (χ0) is 8.55. The molecule has 1 N–H and O–H groups in total.